The Morgan fingerprint density at radius 3 is 2.36 bits per heavy atom. The highest BCUT2D eigenvalue weighted by molar-refractivity contribution is 6.06. The SMILES string of the molecule is CN(C(=O)c1cccc(Nc2ccnc3ccc(C#N)cc23)c1)c1cccc(Nc2ccccc2)c1. The summed E-state index contributed by atoms with van der Waals surface area (Å²) in [4.78, 5) is 19.4. The number of amides is 1. The van der Waals surface area contributed by atoms with Gasteiger partial charge in [-0.1, -0.05) is 30.3 Å². The number of aromatic nitrogens is 1. The van der Waals surface area contributed by atoms with Crippen molar-refractivity contribution in [2.75, 3.05) is 22.6 Å². The first-order valence-electron chi connectivity index (χ1n) is 11.5. The monoisotopic (exact) mass is 469 g/mol. The van der Waals surface area contributed by atoms with Gasteiger partial charge < -0.3 is 15.5 Å². The maximum Gasteiger partial charge on any atom is 0.258 e. The summed E-state index contributed by atoms with van der Waals surface area (Å²) in [5, 5.41) is 16.9. The zero-order chi connectivity index (χ0) is 24.9. The zero-order valence-corrected chi connectivity index (χ0v) is 19.6. The minimum Gasteiger partial charge on any atom is -0.355 e. The minimum absolute atomic E-state index is 0.123. The number of anilines is 5. The van der Waals surface area contributed by atoms with Gasteiger partial charge in [0.25, 0.3) is 5.91 Å². The first-order valence-corrected chi connectivity index (χ1v) is 11.5. The molecule has 0 aliphatic heterocycles. The van der Waals surface area contributed by atoms with Crippen LogP contribution in [0, 0.1) is 11.3 Å². The van der Waals surface area contributed by atoms with Gasteiger partial charge in [-0.25, -0.2) is 0 Å². The quantitative estimate of drug-likeness (QED) is 0.284. The number of nitrogens with zero attached hydrogens (tertiary/aromatic N) is 3. The lowest BCUT2D eigenvalue weighted by Crippen LogP contribution is -2.26. The summed E-state index contributed by atoms with van der Waals surface area (Å²) in [5.41, 5.74) is 6.15. The lowest BCUT2D eigenvalue weighted by Gasteiger charge is -2.19. The third-order valence-corrected chi connectivity index (χ3v) is 5.86. The maximum absolute atomic E-state index is 13.3. The zero-order valence-electron chi connectivity index (χ0n) is 19.6. The molecule has 6 heteroatoms. The van der Waals surface area contributed by atoms with Crippen LogP contribution in [0.1, 0.15) is 15.9 Å². The van der Waals surface area contributed by atoms with Gasteiger partial charge in [0.15, 0.2) is 0 Å². The van der Waals surface area contributed by atoms with Crippen LogP contribution in [0.5, 0.6) is 0 Å². The number of carbonyl (C=O) groups is 1. The minimum atomic E-state index is -0.123. The first-order chi connectivity index (χ1) is 17.6. The molecule has 0 atom stereocenters. The van der Waals surface area contributed by atoms with E-state index in [9.17, 15) is 10.1 Å². The number of nitriles is 1. The Hall–Kier alpha value is -5.15. The molecule has 0 bridgehead atoms. The molecule has 174 valence electrons. The number of hydrogen-bond acceptors (Lipinski definition) is 5. The van der Waals surface area contributed by atoms with Gasteiger partial charge in [0, 0.05) is 52.6 Å². The van der Waals surface area contributed by atoms with E-state index in [1.54, 1.807) is 30.3 Å². The van der Waals surface area contributed by atoms with Crippen molar-refractivity contribution in [1.82, 2.24) is 4.98 Å². The second kappa shape index (κ2) is 10.00. The number of nitrogens with one attached hydrogen (secondary N) is 2. The normalized spacial score (nSPS) is 10.4. The largest absolute Gasteiger partial charge is 0.355 e. The smallest absolute Gasteiger partial charge is 0.258 e. The molecule has 0 unspecified atom stereocenters. The Bertz CT molecular complexity index is 1590. The van der Waals surface area contributed by atoms with Crippen molar-refractivity contribution in [3.63, 3.8) is 0 Å². The van der Waals surface area contributed by atoms with Crippen LogP contribution in [0.25, 0.3) is 10.9 Å². The predicted octanol–water partition coefficient (Wildman–Crippen LogP) is 6.87. The van der Waals surface area contributed by atoms with Crippen molar-refractivity contribution in [3.8, 4) is 6.07 Å². The Labute approximate surface area is 209 Å². The van der Waals surface area contributed by atoms with Crippen molar-refractivity contribution in [2.24, 2.45) is 0 Å². The molecule has 5 aromatic rings. The van der Waals surface area contributed by atoms with E-state index in [0.29, 0.717) is 11.1 Å². The van der Waals surface area contributed by atoms with Crippen molar-refractivity contribution >= 4 is 45.2 Å². The molecule has 0 saturated carbocycles. The number of fused-ring (bicyclic) bond motifs is 1. The number of rotatable bonds is 6. The lowest BCUT2D eigenvalue weighted by atomic mass is 10.1. The van der Waals surface area contributed by atoms with E-state index in [4.69, 9.17) is 0 Å². The molecule has 0 aliphatic carbocycles. The first kappa shape index (κ1) is 22.6. The number of para-hydroxylation sites is 1. The molecule has 0 fully saturated rings. The molecule has 2 N–H and O–H groups in total. The summed E-state index contributed by atoms with van der Waals surface area (Å²) in [6, 6.07) is 34.4. The summed E-state index contributed by atoms with van der Waals surface area (Å²) in [7, 11) is 1.77. The van der Waals surface area contributed by atoms with E-state index in [1.165, 1.54) is 0 Å². The topological polar surface area (TPSA) is 81.1 Å². The third kappa shape index (κ3) is 4.86. The maximum atomic E-state index is 13.3. The summed E-state index contributed by atoms with van der Waals surface area (Å²) >= 11 is 0. The van der Waals surface area contributed by atoms with Gasteiger partial charge in [-0.3, -0.25) is 9.78 Å². The van der Waals surface area contributed by atoms with E-state index in [1.807, 2.05) is 91.0 Å². The fourth-order valence-electron chi connectivity index (χ4n) is 4.00. The molecule has 0 radical (unpaired) electrons. The number of pyridine rings is 1. The van der Waals surface area contributed by atoms with Gasteiger partial charge >= 0.3 is 0 Å². The summed E-state index contributed by atoms with van der Waals surface area (Å²) in [6.45, 7) is 0. The van der Waals surface area contributed by atoms with E-state index < -0.39 is 0 Å². The highest BCUT2D eigenvalue weighted by atomic mass is 16.2. The van der Waals surface area contributed by atoms with E-state index in [2.05, 4.69) is 21.7 Å². The van der Waals surface area contributed by atoms with Crippen LogP contribution >= 0.6 is 0 Å². The van der Waals surface area contributed by atoms with Crippen LogP contribution in [0.3, 0.4) is 0 Å². The van der Waals surface area contributed by atoms with Gasteiger partial charge in [0.2, 0.25) is 0 Å². The molecule has 1 aromatic heterocycles. The fraction of sp³-hybridized carbons (Fsp3) is 0.0333. The summed E-state index contributed by atoms with van der Waals surface area (Å²) < 4.78 is 0. The number of hydrogen-bond donors (Lipinski definition) is 2. The van der Waals surface area contributed by atoms with E-state index >= 15 is 0 Å². The van der Waals surface area contributed by atoms with Crippen LogP contribution in [0.2, 0.25) is 0 Å². The molecular formula is C30H23N5O. The van der Waals surface area contributed by atoms with Gasteiger partial charge in [0.1, 0.15) is 0 Å². The lowest BCUT2D eigenvalue weighted by molar-refractivity contribution is 0.0993. The molecule has 0 saturated heterocycles. The van der Waals surface area contributed by atoms with Gasteiger partial charge in [-0.2, -0.15) is 5.26 Å². The average Bonchev–Trinajstić information content (AvgIpc) is 2.93. The van der Waals surface area contributed by atoms with Crippen LogP contribution < -0.4 is 15.5 Å². The molecule has 0 aliphatic rings. The Morgan fingerprint density at radius 2 is 1.56 bits per heavy atom. The predicted molar refractivity (Wildman–Crippen MR) is 145 cm³/mol. The Kier molecular flexibility index (Phi) is 6.29. The average molecular weight is 470 g/mol. The van der Waals surface area contributed by atoms with Gasteiger partial charge in [-0.15, -0.1) is 0 Å². The van der Waals surface area contributed by atoms with E-state index in [-0.39, 0.29) is 5.91 Å². The van der Waals surface area contributed by atoms with Crippen LogP contribution in [0.4, 0.5) is 28.4 Å². The number of carbonyl (C=O) groups excluding carboxylic acids is 1. The molecule has 36 heavy (non-hydrogen) atoms. The van der Waals surface area contributed by atoms with Gasteiger partial charge in [0.05, 0.1) is 17.1 Å². The van der Waals surface area contributed by atoms with Crippen molar-refractivity contribution in [3.05, 3.63) is 120 Å². The molecule has 0 spiro atoms. The molecule has 1 amide bonds. The second-order valence-electron chi connectivity index (χ2n) is 8.31. The molecule has 6 nitrogen and oxygen atoms in total. The summed E-state index contributed by atoms with van der Waals surface area (Å²) in [6.07, 6.45) is 1.72. The molecule has 5 rings (SSSR count). The fourth-order valence-corrected chi connectivity index (χ4v) is 4.00. The molecule has 4 aromatic carbocycles. The Morgan fingerprint density at radius 1 is 0.806 bits per heavy atom. The highest BCUT2D eigenvalue weighted by Crippen LogP contribution is 2.28. The highest BCUT2D eigenvalue weighted by Gasteiger charge is 2.15. The second-order valence-corrected chi connectivity index (χ2v) is 8.31. The third-order valence-electron chi connectivity index (χ3n) is 5.86. The molecule has 1 heterocycles. The van der Waals surface area contributed by atoms with Crippen molar-refractivity contribution in [2.45, 2.75) is 0 Å². The summed E-state index contributed by atoms with van der Waals surface area (Å²) in [5.74, 6) is -0.123. The Balaban J connectivity index is 1.37. The standard InChI is InChI=1S/C30H23N5O/c1-35(26-12-6-11-25(19-26)33-23-8-3-2-4-9-23)30(36)22-7-5-10-24(18-22)34-29-15-16-32-28-14-13-21(20-31)17-27(28)29/h2-19,33H,1H3,(H,32,34). The van der Waals surface area contributed by atoms with Crippen LogP contribution in [0.15, 0.2) is 109 Å². The van der Waals surface area contributed by atoms with Crippen molar-refractivity contribution in [1.29, 1.82) is 5.26 Å². The van der Waals surface area contributed by atoms with Gasteiger partial charge in [-0.05, 0) is 72.8 Å². The number of benzene rings is 4. The van der Waals surface area contributed by atoms with Crippen LogP contribution in [-0.2, 0) is 0 Å². The van der Waals surface area contributed by atoms with Crippen molar-refractivity contribution < 1.29 is 4.79 Å². The molecular weight excluding hydrogens is 446 g/mol. The van der Waals surface area contributed by atoms with E-state index in [0.717, 1.165) is 39.3 Å². The van der Waals surface area contributed by atoms with Crippen LogP contribution in [-0.4, -0.2) is 17.9 Å².